The maximum atomic E-state index is 17.3. The van der Waals surface area contributed by atoms with Crippen molar-refractivity contribution in [1.29, 1.82) is 0 Å². The molecule has 0 amide bonds. The molecule has 0 radical (unpaired) electrons. The zero-order valence-corrected chi connectivity index (χ0v) is 33.5. The van der Waals surface area contributed by atoms with E-state index in [1.165, 1.54) is 25.3 Å². The van der Waals surface area contributed by atoms with Gasteiger partial charge < -0.3 is 19.0 Å². The van der Waals surface area contributed by atoms with Crippen molar-refractivity contribution in [2.75, 3.05) is 0 Å². The van der Waals surface area contributed by atoms with Gasteiger partial charge in [0.25, 0.3) is 0 Å². The third-order valence-electron chi connectivity index (χ3n) is 11.9. The summed E-state index contributed by atoms with van der Waals surface area (Å²) < 4.78 is 128. The first-order chi connectivity index (χ1) is 28.0. The van der Waals surface area contributed by atoms with Gasteiger partial charge in [0.05, 0.1) is 44.8 Å². The molecule has 2 aromatic heterocycles. The van der Waals surface area contributed by atoms with Gasteiger partial charge in [-0.2, -0.15) is 31.4 Å². The normalized spacial score (nSPS) is 20.6. The zero-order chi connectivity index (χ0) is 43.5. The molecule has 0 spiro atoms. The Morgan fingerprint density at radius 1 is 0.933 bits per heavy atom. The number of alkyl halides is 7. The number of allylic oxidation sites excluding steroid dienone is 2. The standard InChI is InChI=1S/C42H37F8N4O5P/c1-6-23-8-7-9-26-30-18-39(4,44)36-28(14-15-53(36)37(55)58-21-22-10-13-32(31(43)16-22)59-60(56)57)40(30,5)35-27-20-52(38(2,3)34(27)51-54(35)33(23)26)19-24-11-12-25(41(45,46)47)17-29(24)42(48,49)50/h7-18,56-57H,6,19-21H2,1-5H3. The Morgan fingerprint density at radius 2 is 1.67 bits per heavy atom. The van der Waals surface area contributed by atoms with Crippen LogP contribution in [0.1, 0.15) is 96.2 Å². The van der Waals surface area contributed by atoms with Crippen LogP contribution in [0.4, 0.5) is 39.9 Å². The summed E-state index contributed by atoms with van der Waals surface area (Å²) >= 11 is 0. The quantitative estimate of drug-likeness (QED) is 0.124. The van der Waals surface area contributed by atoms with Crippen molar-refractivity contribution < 1.29 is 59.0 Å². The number of benzene rings is 3. The molecule has 0 saturated carbocycles. The minimum atomic E-state index is -5.07. The van der Waals surface area contributed by atoms with E-state index in [0.717, 1.165) is 28.3 Å². The number of halogens is 8. The Balaban J connectivity index is 1.22. The van der Waals surface area contributed by atoms with Crippen LogP contribution in [0.15, 0.2) is 72.9 Å². The second-order valence-electron chi connectivity index (χ2n) is 15.9. The summed E-state index contributed by atoms with van der Waals surface area (Å²) in [5, 5.41) is 5.14. The number of nitrogens with zero attached hydrogens (tertiary/aromatic N) is 4. The number of para-hydroxylation sites is 1. The summed E-state index contributed by atoms with van der Waals surface area (Å²) in [7, 11) is -2.87. The molecular formula is C42H37F8N4O5P. The lowest BCUT2D eigenvalue weighted by Crippen LogP contribution is -2.42. The molecule has 3 aromatic carbocycles. The third kappa shape index (κ3) is 6.52. The Labute approximate surface area is 339 Å². The van der Waals surface area contributed by atoms with Crippen LogP contribution in [0.3, 0.4) is 0 Å². The Kier molecular flexibility index (Phi) is 9.70. The fourth-order valence-corrected chi connectivity index (χ4v) is 9.32. The van der Waals surface area contributed by atoms with Crippen LogP contribution < -0.4 is 4.52 Å². The lowest BCUT2D eigenvalue weighted by Gasteiger charge is -2.45. The molecule has 2 N–H and O–H groups in total. The highest BCUT2D eigenvalue weighted by molar-refractivity contribution is 7.39. The van der Waals surface area contributed by atoms with Gasteiger partial charge in [-0.25, -0.2) is 18.3 Å². The number of carbonyl (C=O) groups excluding carboxylic acids is 1. The molecule has 2 unspecified atom stereocenters. The van der Waals surface area contributed by atoms with Crippen LogP contribution in [-0.4, -0.2) is 35.1 Å². The van der Waals surface area contributed by atoms with Crippen molar-refractivity contribution in [3.63, 3.8) is 0 Å². The molecule has 18 heteroatoms. The Morgan fingerprint density at radius 3 is 2.32 bits per heavy atom. The second kappa shape index (κ2) is 14.0. The van der Waals surface area contributed by atoms with Gasteiger partial charge in [0.2, 0.25) is 0 Å². The summed E-state index contributed by atoms with van der Waals surface area (Å²) in [4.78, 5) is 33.6. The number of rotatable bonds is 7. The largest absolute Gasteiger partial charge is 0.444 e. The van der Waals surface area contributed by atoms with Crippen LogP contribution in [0.2, 0.25) is 0 Å². The molecule has 3 aliphatic rings. The van der Waals surface area contributed by atoms with Gasteiger partial charge in [-0.1, -0.05) is 37.3 Å². The lowest BCUT2D eigenvalue weighted by molar-refractivity contribution is -0.143. The molecule has 60 heavy (non-hydrogen) atoms. The number of ether oxygens (including phenoxy) is 1. The van der Waals surface area contributed by atoms with Crippen LogP contribution in [0, 0.1) is 5.82 Å². The number of fused-ring (bicyclic) bond motifs is 10. The minimum absolute atomic E-state index is 0.0339. The van der Waals surface area contributed by atoms with Gasteiger partial charge in [0.15, 0.2) is 17.2 Å². The molecule has 0 bridgehead atoms. The Hall–Kier alpha value is -5.09. The molecule has 9 nitrogen and oxygen atoms in total. The van der Waals surface area contributed by atoms with Crippen LogP contribution in [0.25, 0.3) is 11.3 Å². The molecule has 0 saturated heterocycles. The second-order valence-corrected chi connectivity index (χ2v) is 16.6. The maximum Gasteiger partial charge on any atom is 0.418 e. The molecule has 1 aliphatic carbocycles. The molecule has 0 fully saturated rings. The first-order valence-corrected chi connectivity index (χ1v) is 19.9. The lowest BCUT2D eigenvalue weighted by atomic mass is 9.62. The first-order valence-electron chi connectivity index (χ1n) is 18.7. The van der Waals surface area contributed by atoms with E-state index >= 15 is 4.39 Å². The SMILES string of the molecule is CCc1cccc2c1-n1nc3c(c1C1(C)C2=CC(C)(F)c2c1ccn2C(=O)OCc1ccc(OP(O)O)c(F)c1)CN(Cc1ccc(C(F)(F)F)cc1C(F)(F)F)C3(C)C. The van der Waals surface area contributed by atoms with E-state index in [4.69, 9.17) is 19.6 Å². The van der Waals surface area contributed by atoms with E-state index in [0.29, 0.717) is 51.8 Å². The molecule has 4 heterocycles. The fourth-order valence-electron chi connectivity index (χ4n) is 8.99. The topological polar surface area (TPSA) is 102 Å². The molecule has 5 aromatic rings. The van der Waals surface area contributed by atoms with Gasteiger partial charge >= 0.3 is 27.0 Å². The van der Waals surface area contributed by atoms with E-state index in [9.17, 15) is 35.5 Å². The molecule has 8 rings (SSSR count). The molecule has 2 atom stereocenters. The van der Waals surface area contributed by atoms with Gasteiger partial charge in [-0.3, -0.25) is 9.47 Å². The number of aryl methyl sites for hydroxylation is 1. The van der Waals surface area contributed by atoms with Crippen molar-refractivity contribution in [1.82, 2.24) is 19.2 Å². The summed E-state index contributed by atoms with van der Waals surface area (Å²) in [5.41, 5.74) is -2.58. The molecule has 316 valence electrons. The van der Waals surface area contributed by atoms with Crippen molar-refractivity contribution >= 4 is 20.3 Å². The highest BCUT2D eigenvalue weighted by Crippen LogP contribution is 2.60. The number of hydrogen-bond acceptors (Lipinski definition) is 7. The average molecular weight is 861 g/mol. The van der Waals surface area contributed by atoms with Crippen LogP contribution >= 0.6 is 8.60 Å². The number of aromatic nitrogens is 3. The van der Waals surface area contributed by atoms with Crippen LogP contribution in [0.5, 0.6) is 5.75 Å². The van der Waals surface area contributed by atoms with Crippen molar-refractivity contribution in [2.45, 2.75) is 89.7 Å². The minimum Gasteiger partial charge on any atom is -0.444 e. The Bertz CT molecular complexity index is 2610. The monoisotopic (exact) mass is 860 g/mol. The predicted molar refractivity (Wildman–Crippen MR) is 203 cm³/mol. The molecule has 2 aliphatic heterocycles. The van der Waals surface area contributed by atoms with E-state index in [2.05, 4.69) is 4.52 Å². The van der Waals surface area contributed by atoms with Crippen molar-refractivity contribution in [2.24, 2.45) is 0 Å². The molecular weight excluding hydrogens is 823 g/mol. The first kappa shape index (κ1) is 41.6. The van der Waals surface area contributed by atoms with Crippen molar-refractivity contribution in [3.8, 4) is 11.4 Å². The van der Waals surface area contributed by atoms with E-state index in [1.807, 2.05) is 32.0 Å². The summed E-state index contributed by atoms with van der Waals surface area (Å²) in [6.45, 7) is 7.91. The average Bonchev–Trinajstić information content (AvgIpc) is 3.85. The smallest absolute Gasteiger partial charge is 0.418 e. The predicted octanol–water partition coefficient (Wildman–Crippen LogP) is 10.3. The summed E-state index contributed by atoms with van der Waals surface area (Å²) in [6, 6.07) is 12.3. The van der Waals surface area contributed by atoms with E-state index < -0.39 is 73.0 Å². The maximum absolute atomic E-state index is 17.3. The van der Waals surface area contributed by atoms with Gasteiger partial charge in [0, 0.05) is 30.4 Å². The van der Waals surface area contributed by atoms with E-state index in [1.54, 1.807) is 29.5 Å². The third-order valence-corrected chi connectivity index (χ3v) is 12.2. The van der Waals surface area contributed by atoms with Crippen molar-refractivity contribution in [3.05, 3.63) is 140 Å². The number of hydrogen-bond donors (Lipinski definition) is 2. The number of carbonyl (C=O) groups is 1. The summed E-state index contributed by atoms with van der Waals surface area (Å²) in [5.74, 6) is -1.36. The van der Waals surface area contributed by atoms with E-state index in [-0.39, 0.29) is 36.0 Å². The highest BCUT2D eigenvalue weighted by Gasteiger charge is 2.56. The van der Waals surface area contributed by atoms with Gasteiger partial charge in [-0.05, 0) is 98.4 Å². The zero-order valence-electron chi connectivity index (χ0n) is 32.6. The van der Waals surface area contributed by atoms with Gasteiger partial charge in [-0.15, -0.1) is 0 Å². The van der Waals surface area contributed by atoms with Crippen LogP contribution in [-0.2, 0) is 59.8 Å². The van der Waals surface area contributed by atoms with Gasteiger partial charge in [0.1, 0.15) is 6.61 Å². The fraction of sp³-hybridized carbons (Fsp3) is 0.333. The highest BCUT2D eigenvalue weighted by atomic mass is 31.2. The summed E-state index contributed by atoms with van der Waals surface area (Å²) in [6.07, 6.45) is -7.65.